The third kappa shape index (κ3) is 5.77. The number of anilines is 3. The van der Waals surface area contributed by atoms with Crippen molar-refractivity contribution in [2.24, 2.45) is 0 Å². The van der Waals surface area contributed by atoms with Crippen LogP contribution >= 0.6 is 11.6 Å². The molecular formula is C19H22ClFN4O3. The number of aromatic nitrogens is 2. The van der Waals surface area contributed by atoms with Gasteiger partial charge in [0.2, 0.25) is 0 Å². The van der Waals surface area contributed by atoms with Crippen LogP contribution in [0.25, 0.3) is 0 Å². The first kappa shape index (κ1) is 20.3. The van der Waals surface area contributed by atoms with Gasteiger partial charge in [-0.3, -0.25) is 0 Å². The maximum atomic E-state index is 13.3. The van der Waals surface area contributed by atoms with Gasteiger partial charge in [-0.15, -0.1) is 0 Å². The number of carbonyl (C=O) groups is 1. The molecular weight excluding hydrogens is 387 g/mol. The third-order valence-corrected chi connectivity index (χ3v) is 4.84. The average Bonchev–Trinajstić information content (AvgIpc) is 2.70. The van der Waals surface area contributed by atoms with E-state index in [1.807, 2.05) is 0 Å². The molecule has 0 spiro atoms. The van der Waals surface area contributed by atoms with E-state index in [0.29, 0.717) is 17.3 Å². The Hall–Kier alpha value is -2.45. The zero-order valence-electron chi connectivity index (χ0n) is 15.5. The molecule has 0 bridgehead atoms. The fourth-order valence-electron chi connectivity index (χ4n) is 3.05. The van der Waals surface area contributed by atoms with Crippen molar-refractivity contribution >= 4 is 34.9 Å². The quantitative estimate of drug-likeness (QED) is 0.671. The van der Waals surface area contributed by atoms with Gasteiger partial charge >= 0.3 is 5.97 Å². The van der Waals surface area contributed by atoms with Crippen LogP contribution in [-0.4, -0.2) is 41.8 Å². The number of carbonyl (C=O) groups excluding carboxylic acids is 1. The lowest BCUT2D eigenvalue weighted by Crippen LogP contribution is -2.31. The zero-order valence-corrected chi connectivity index (χ0v) is 16.2. The lowest BCUT2D eigenvalue weighted by atomic mass is 9.93. The molecule has 150 valence electrons. The van der Waals surface area contributed by atoms with Crippen molar-refractivity contribution in [2.75, 3.05) is 24.4 Å². The Kier molecular flexibility index (Phi) is 7.00. The Labute approximate surface area is 167 Å². The number of ether oxygens (including phenoxy) is 2. The summed E-state index contributed by atoms with van der Waals surface area (Å²) in [6.07, 6.45) is 5.07. The van der Waals surface area contributed by atoms with Crippen molar-refractivity contribution in [3.8, 4) is 0 Å². The summed E-state index contributed by atoms with van der Waals surface area (Å²) in [6.45, 7) is -0.00635. The van der Waals surface area contributed by atoms with Crippen LogP contribution in [0, 0.1) is 5.82 Å². The van der Waals surface area contributed by atoms with E-state index in [4.69, 9.17) is 16.3 Å². The average molecular weight is 409 g/mol. The van der Waals surface area contributed by atoms with Gasteiger partial charge in [-0.1, -0.05) is 11.6 Å². The van der Waals surface area contributed by atoms with E-state index in [2.05, 4.69) is 25.3 Å². The molecule has 2 aromatic rings. The fourth-order valence-corrected chi connectivity index (χ4v) is 3.23. The molecule has 0 atom stereocenters. The van der Waals surface area contributed by atoms with Crippen molar-refractivity contribution in [1.29, 1.82) is 0 Å². The van der Waals surface area contributed by atoms with E-state index in [-0.39, 0.29) is 29.7 Å². The minimum Gasteiger partial charge on any atom is -0.467 e. The normalized spacial score (nSPS) is 19.1. The van der Waals surface area contributed by atoms with Crippen molar-refractivity contribution in [3.05, 3.63) is 41.4 Å². The maximum Gasteiger partial charge on any atom is 0.331 e. The topological polar surface area (TPSA) is 85.4 Å². The van der Waals surface area contributed by atoms with Gasteiger partial charge in [0, 0.05) is 17.8 Å². The summed E-state index contributed by atoms with van der Waals surface area (Å²) in [5, 5.41) is 6.53. The Morgan fingerprint density at radius 3 is 2.68 bits per heavy atom. The number of methoxy groups -OCH3 is 1. The van der Waals surface area contributed by atoms with Crippen LogP contribution in [0.4, 0.5) is 21.7 Å². The largest absolute Gasteiger partial charge is 0.467 e. The Morgan fingerprint density at radius 1 is 1.21 bits per heavy atom. The number of esters is 1. The number of hydrogen-bond donors (Lipinski definition) is 2. The van der Waals surface area contributed by atoms with Crippen LogP contribution in [0.15, 0.2) is 30.6 Å². The number of rotatable bonds is 7. The van der Waals surface area contributed by atoms with Crippen molar-refractivity contribution in [1.82, 2.24) is 9.97 Å². The Bertz CT molecular complexity index is 816. The third-order valence-electron chi connectivity index (χ3n) is 4.55. The molecule has 1 fully saturated rings. The van der Waals surface area contributed by atoms with Gasteiger partial charge in [-0.25, -0.2) is 19.2 Å². The van der Waals surface area contributed by atoms with Crippen LogP contribution in [-0.2, 0) is 14.3 Å². The zero-order chi connectivity index (χ0) is 19.9. The molecule has 1 aliphatic rings. The first-order chi connectivity index (χ1) is 13.5. The second-order valence-corrected chi connectivity index (χ2v) is 6.95. The van der Waals surface area contributed by atoms with E-state index in [1.165, 1.54) is 25.6 Å². The van der Waals surface area contributed by atoms with Gasteiger partial charge in [0.1, 0.15) is 30.4 Å². The van der Waals surface area contributed by atoms with Gasteiger partial charge in [0.15, 0.2) is 0 Å². The molecule has 3 rings (SSSR count). The summed E-state index contributed by atoms with van der Waals surface area (Å²) < 4.78 is 23.4. The number of nitrogens with one attached hydrogen (secondary N) is 2. The molecule has 0 radical (unpaired) electrons. The second kappa shape index (κ2) is 9.66. The molecule has 0 unspecified atom stereocenters. The van der Waals surface area contributed by atoms with E-state index < -0.39 is 5.82 Å². The fraction of sp³-hybridized carbons (Fsp3) is 0.421. The van der Waals surface area contributed by atoms with Crippen LogP contribution < -0.4 is 10.6 Å². The van der Waals surface area contributed by atoms with Crippen LogP contribution in [0.3, 0.4) is 0 Å². The summed E-state index contributed by atoms with van der Waals surface area (Å²) in [7, 11) is 1.35. The summed E-state index contributed by atoms with van der Waals surface area (Å²) in [5.41, 5.74) is 0.638. The minimum atomic E-state index is -0.469. The van der Waals surface area contributed by atoms with Gasteiger partial charge in [-0.2, -0.15) is 0 Å². The van der Waals surface area contributed by atoms with Crippen molar-refractivity contribution < 1.29 is 18.7 Å². The van der Waals surface area contributed by atoms with Crippen molar-refractivity contribution in [3.63, 3.8) is 0 Å². The molecule has 1 aromatic heterocycles. The molecule has 1 saturated carbocycles. The van der Waals surface area contributed by atoms with Gasteiger partial charge in [0.05, 0.1) is 18.2 Å². The van der Waals surface area contributed by atoms with Gasteiger partial charge < -0.3 is 20.1 Å². The van der Waals surface area contributed by atoms with E-state index in [1.54, 1.807) is 12.1 Å². The molecule has 0 amide bonds. The van der Waals surface area contributed by atoms with E-state index >= 15 is 0 Å². The van der Waals surface area contributed by atoms with Crippen molar-refractivity contribution in [2.45, 2.75) is 37.8 Å². The second-order valence-electron chi connectivity index (χ2n) is 6.55. The monoisotopic (exact) mass is 408 g/mol. The summed E-state index contributed by atoms with van der Waals surface area (Å²) >= 11 is 5.80. The number of benzene rings is 1. The molecule has 2 N–H and O–H groups in total. The summed E-state index contributed by atoms with van der Waals surface area (Å²) in [4.78, 5) is 19.6. The SMILES string of the molecule is COC(=O)CO[C@H]1CC[C@H](Nc2cc(Nc3ccc(F)c(Cl)c3)ncn2)CC1. The Morgan fingerprint density at radius 2 is 1.96 bits per heavy atom. The highest BCUT2D eigenvalue weighted by atomic mass is 35.5. The van der Waals surface area contributed by atoms with E-state index in [9.17, 15) is 9.18 Å². The van der Waals surface area contributed by atoms with Crippen LogP contribution in [0.5, 0.6) is 0 Å². The molecule has 0 aliphatic heterocycles. The smallest absolute Gasteiger partial charge is 0.331 e. The van der Waals surface area contributed by atoms with Gasteiger partial charge in [0.25, 0.3) is 0 Å². The number of nitrogens with zero attached hydrogens (tertiary/aromatic N) is 2. The molecule has 28 heavy (non-hydrogen) atoms. The molecule has 1 aliphatic carbocycles. The summed E-state index contributed by atoms with van der Waals surface area (Å²) in [5.74, 6) is 0.451. The predicted molar refractivity (Wildman–Crippen MR) is 104 cm³/mol. The first-order valence-corrected chi connectivity index (χ1v) is 9.40. The molecule has 0 saturated heterocycles. The Balaban J connectivity index is 1.51. The minimum absolute atomic E-state index is 0.00635. The van der Waals surface area contributed by atoms with E-state index in [0.717, 1.165) is 25.7 Å². The predicted octanol–water partition coefficient (Wildman–Crippen LogP) is 3.93. The number of hydrogen-bond acceptors (Lipinski definition) is 7. The van der Waals surface area contributed by atoms with Crippen LogP contribution in [0.2, 0.25) is 5.02 Å². The highest BCUT2D eigenvalue weighted by Gasteiger charge is 2.22. The molecule has 1 aromatic carbocycles. The number of halogens is 2. The first-order valence-electron chi connectivity index (χ1n) is 9.02. The summed E-state index contributed by atoms with van der Waals surface area (Å²) in [6, 6.07) is 6.44. The standard InChI is InChI=1S/C19H22ClFN4O3/c1-27-19(26)10-28-14-5-2-12(3-6-14)24-17-9-18(23-11-22-17)25-13-4-7-16(21)15(20)8-13/h4,7-9,11-12,14H,2-3,5-6,10H2,1H3,(H2,22,23,24,25)/t12-,14-. The lowest BCUT2D eigenvalue weighted by molar-refractivity contribution is -0.148. The lowest BCUT2D eigenvalue weighted by Gasteiger charge is -2.29. The maximum absolute atomic E-state index is 13.3. The highest BCUT2D eigenvalue weighted by molar-refractivity contribution is 6.31. The molecule has 7 nitrogen and oxygen atoms in total. The molecule has 1 heterocycles. The van der Waals surface area contributed by atoms with Gasteiger partial charge in [-0.05, 0) is 43.9 Å². The molecule has 9 heteroatoms. The highest BCUT2D eigenvalue weighted by Crippen LogP contribution is 2.25. The van der Waals surface area contributed by atoms with Crippen LogP contribution in [0.1, 0.15) is 25.7 Å².